The van der Waals surface area contributed by atoms with Crippen molar-refractivity contribution in [2.24, 2.45) is 0 Å². The van der Waals surface area contributed by atoms with Gasteiger partial charge in [0.2, 0.25) is 5.52 Å². The molecule has 2 aliphatic heterocycles. The van der Waals surface area contributed by atoms with Crippen LogP contribution in [0.4, 0.5) is 5.69 Å². The number of amides is 2. The van der Waals surface area contributed by atoms with Crippen LogP contribution in [-0.2, 0) is 21.0 Å². The average Bonchev–Trinajstić information content (AvgIpc) is 3.45. The Labute approximate surface area is 246 Å². The summed E-state index contributed by atoms with van der Waals surface area (Å²) in [7, 11) is 6.60. The van der Waals surface area contributed by atoms with Crippen molar-refractivity contribution in [3.8, 4) is 0 Å². The number of hydroxylamine groups is 2. The predicted molar refractivity (Wildman–Crippen MR) is 161 cm³/mol. The topological polar surface area (TPSA) is 74.0 Å². The normalized spacial score (nSPS) is 17.2. The lowest BCUT2D eigenvalue weighted by atomic mass is 10.1. The van der Waals surface area contributed by atoms with Crippen LogP contribution in [0.3, 0.4) is 0 Å². The number of aryl methyl sites for hydroxylation is 1. The fourth-order valence-electron chi connectivity index (χ4n) is 5.50. The number of carbonyl (C=O) groups is 2. The summed E-state index contributed by atoms with van der Waals surface area (Å²) >= 11 is 1.81. The van der Waals surface area contributed by atoms with E-state index in [1.54, 1.807) is 0 Å². The summed E-state index contributed by atoms with van der Waals surface area (Å²) in [6.07, 6.45) is 6.78. The first-order valence-electron chi connectivity index (χ1n) is 14.4. The minimum atomic E-state index is -1.14. The number of fused-ring (bicyclic) bond motifs is 2. The Bertz CT molecular complexity index is 1440. The van der Waals surface area contributed by atoms with Gasteiger partial charge in [-0.2, -0.15) is 9.63 Å². The SMILES string of the molecule is CN1/C(=C/c2cc[n+](CCC[N+](C)(C)CCCCC(O)ON3C(=O)CCC3=O)c3ccccc23)Sc2ccccc21. The molecule has 1 fully saturated rings. The molecule has 0 saturated carbocycles. The number of hydrogen-bond acceptors (Lipinski definition) is 6. The van der Waals surface area contributed by atoms with Crippen LogP contribution in [0.1, 0.15) is 44.1 Å². The summed E-state index contributed by atoms with van der Waals surface area (Å²) in [5, 5.41) is 13.3. The van der Waals surface area contributed by atoms with E-state index in [1.165, 1.54) is 32.1 Å². The number of aliphatic hydroxyl groups excluding tert-OH is 1. The largest absolute Gasteiger partial charge is 0.366 e. The standard InChI is InChI=1S/C32H40N4O4S/c1-33-27-13-6-7-14-28(27)41-31(33)23-24-18-20-34(26-12-5-4-11-25(24)26)19-10-22-36(2,3)21-9-8-15-32(39)40-35-29(37)16-17-30(35)38/h4-7,11-14,18,20,23,32,39H,8-10,15-17,19,21-22H2,1-3H3/q+2. The molecule has 2 aliphatic rings. The van der Waals surface area contributed by atoms with E-state index in [0.717, 1.165) is 48.4 Å². The van der Waals surface area contributed by atoms with E-state index in [-0.39, 0.29) is 24.7 Å². The highest BCUT2D eigenvalue weighted by atomic mass is 32.2. The molecule has 1 unspecified atom stereocenters. The molecule has 9 heteroatoms. The Morgan fingerprint density at radius 3 is 2.49 bits per heavy atom. The van der Waals surface area contributed by atoms with E-state index in [2.05, 4.69) is 97.5 Å². The zero-order chi connectivity index (χ0) is 29.0. The molecule has 0 spiro atoms. The maximum Gasteiger partial charge on any atom is 0.254 e. The lowest BCUT2D eigenvalue weighted by Gasteiger charge is -2.29. The number of para-hydroxylation sites is 2. The van der Waals surface area contributed by atoms with Crippen LogP contribution in [0, 0.1) is 0 Å². The lowest BCUT2D eigenvalue weighted by molar-refractivity contribution is -0.892. The van der Waals surface area contributed by atoms with Crippen LogP contribution in [0.25, 0.3) is 17.0 Å². The monoisotopic (exact) mass is 576 g/mol. The minimum Gasteiger partial charge on any atom is -0.366 e. The van der Waals surface area contributed by atoms with Crippen molar-refractivity contribution in [3.05, 3.63) is 71.4 Å². The number of benzene rings is 2. The van der Waals surface area contributed by atoms with Crippen molar-refractivity contribution in [2.75, 3.05) is 39.1 Å². The maximum absolute atomic E-state index is 11.7. The Morgan fingerprint density at radius 1 is 1.00 bits per heavy atom. The third-order valence-electron chi connectivity index (χ3n) is 7.87. The average molecular weight is 577 g/mol. The summed E-state index contributed by atoms with van der Waals surface area (Å²) in [6, 6.07) is 19.4. The van der Waals surface area contributed by atoms with Gasteiger partial charge in [0.1, 0.15) is 0 Å². The Balaban J connectivity index is 1.13. The second-order valence-corrected chi connectivity index (χ2v) is 12.5. The highest BCUT2D eigenvalue weighted by molar-refractivity contribution is 8.03. The van der Waals surface area contributed by atoms with E-state index in [0.29, 0.717) is 6.42 Å². The first kappa shape index (κ1) is 29.3. The number of hydrogen-bond donors (Lipinski definition) is 1. The maximum atomic E-state index is 11.7. The molecule has 2 amide bonds. The summed E-state index contributed by atoms with van der Waals surface area (Å²) in [4.78, 5) is 32.0. The summed E-state index contributed by atoms with van der Waals surface area (Å²) in [5.74, 6) is -0.758. The molecule has 0 bridgehead atoms. The van der Waals surface area contributed by atoms with Gasteiger partial charge < -0.3 is 14.5 Å². The van der Waals surface area contributed by atoms with Gasteiger partial charge in [-0.25, -0.2) is 4.84 Å². The van der Waals surface area contributed by atoms with E-state index in [1.807, 2.05) is 11.8 Å². The van der Waals surface area contributed by atoms with Gasteiger partial charge in [0.25, 0.3) is 11.8 Å². The van der Waals surface area contributed by atoms with Crippen molar-refractivity contribution in [2.45, 2.75) is 56.3 Å². The summed E-state index contributed by atoms with van der Waals surface area (Å²) in [6.45, 7) is 2.94. The van der Waals surface area contributed by atoms with Gasteiger partial charge in [-0.15, -0.1) is 0 Å². The van der Waals surface area contributed by atoms with Crippen molar-refractivity contribution in [3.63, 3.8) is 0 Å². The smallest absolute Gasteiger partial charge is 0.254 e. The molecule has 0 aliphatic carbocycles. The van der Waals surface area contributed by atoms with Gasteiger partial charge in [0.05, 0.1) is 49.7 Å². The summed E-state index contributed by atoms with van der Waals surface area (Å²) in [5.41, 5.74) is 3.71. The third kappa shape index (κ3) is 6.98. The zero-order valence-corrected chi connectivity index (χ0v) is 25.0. The fraction of sp³-hybridized carbons (Fsp3) is 0.406. The van der Waals surface area contributed by atoms with Crippen molar-refractivity contribution < 1.29 is 28.6 Å². The molecule has 2 aromatic carbocycles. The molecule has 0 radical (unpaired) electrons. The van der Waals surface area contributed by atoms with Crippen LogP contribution >= 0.6 is 11.8 Å². The molecule has 1 aromatic heterocycles. The molecule has 3 aromatic rings. The van der Waals surface area contributed by atoms with Crippen LogP contribution in [0.5, 0.6) is 0 Å². The molecule has 8 nitrogen and oxygen atoms in total. The number of unbranched alkanes of at least 4 members (excludes halogenated alkanes) is 1. The van der Waals surface area contributed by atoms with Crippen LogP contribution < -0.4 is 9.47 Å². The number of pyridine rings is 1. The minimum absolute atomic E-state index is 0.152. The van der Waals surface area contributed by atoms with Crippen LogP contribution in [0.15, 0.2) is 70.7 Å². The highest BCUT2D eigenvalue weighted by Crippen LogP contribution is 2.45. The van der Waals surface area contributed by atoms with Crippen molar-refractivity contribution in [1.82, 2.24) is 5.06 Å². The van der Waals surface area contributed by atoms with Gasteiger partial charge in [0.15, 0.2) is 19.0 Å². The Hall–Kier alpha value is -3.24. The summed E-state index contributed by atoms with van der Waals surface area (Å²) < 4.78 is 3.24. The lowest BCUT2D eigenvalue weighted by Crippen LogP contribution is -2.44. The number of anilines is 1. The zero-order valence-electron chi connectivity index (χ0n) is 24.2. The van der Waals surface area contributed by atoms with Crippen LogP contribution in [0.2, 0.25) is 0 Å². The predicted octanol–water partition coefficient (Wildman–Crippen LogP) is 4.70. The first-order chi connectivity index (χ1) is 19.7. The number of rotatable bonds is 12. The van der Waals surface area contributed by atoms with E-state index < -0.39 is 6.29 Å². The van der Waals surface area contributed by atoms with Crippen LogP contribution in [-0.4, -0.2) is 67.0 Å². The first-order valence-corrected chi connectivity index (χ1v) is 15.2. The van der Waals surface area contributed by atoms with Crippen molar-refractivity contribution >= 4 is 46.2 Å². The Kier molecular flexibility index (Phi) is 9.09. The quantitative estimate of drug-likeness (QED) is 0.111. The van der Waals surface area contributed by atoms with E-state index in [9.17, 15) is 14.7 Å². The molecule has 216 valence electrons. The molecular weight excluding hydrogens is 536 g/mol. The molecule has 3 heterocycles. The number of quaternary nitrogens is 1. The molecule has 1 N–H and O–H groups in total. The fourth-order valence-corrected chi connectivity index (χ4v) is 6.60. The third-order valence-corrected chi connectivity index (χ3v) is 9.04. The molecular formula is C32H40N4O4S+2. The van der Waals surface area contributed by atoms with Gasteiger partial charge in [-0.05, 0) is 42.7 Å². The molecule has 1 saturated heterocycles. The molecule has 1 atom stereocenters. The Morgan fingerprint density at radius 2 is 1.71 bits per heavy atom. The van der Waals surface area contributed by atoms with Gasteiger partial charge in [0, 0.05) is 43.3 Å². The van der Waals surface area contributed by atoms with Gasteiger partial charge in [-0.3, -0.25) is 9.59 Å². The number of imide groups is 1. The second-order valence-electron chi connectivity index (χ2n) is 11.5. The molecule has 5 rings (SSSR count). The van der Waals surface area contributed by atoms with Gasteiger partial charge in [-0.1, -0.05) is 36.0 Å². The number of thioether (sulfide) groups is 1. The van der Waals surface area contributed by atoms with E-state index in [4.69, 9.17) is 4.84 Å². The number of nitrogens with zero attached hydrogens (tertiary/aromatic N) is 4. The number of aliphatic hydroxyl groups is 1. The highest BCUT2D eigenvalue weighted by Gasteiger charge is 2.32. The second kappa shape index (κ2) is 12.7. The number of carbonyl (C=O) groups excluding carboxylic acids is 2. The van der Waals surface area contributed by atoms with Gasteiger partial charge >= 0.3 is 0 Å². The van der Waals surface area contributed by atoms with Crippen molar-refractivity contribution in [1.29, 1.82) is 0 Å². The van der Waals surface area contributed by atoms with E-state index >= 15 is 0 Å². The molecule has 41 heavy (non-hydrogen) atoms. The number of aromatic nitrogens is 1.